The van der Waals surface area contributed by atoms with Crippen molar-refractivity contribution in [2.45, 2.75) is 58.1 Å². The maximum Gasteiger partial charge on any atom is 0.0777 e. The van der Waals surface area contributed by atoms with Crippen molar-refractivity contribution in [2.24, 2.45) is 5.41 Å². The van der Waals surface area contributed by atoms with Crippen molar-refractivity contribution in [3.05, 3.63) is 0 Å². The van der Waals surface area contributed by atoms with Crippen molar-refractivity contribution in [1.29, 1.82) is 0 Å². The van der Waals surface area contributed by atoms with Gasteiger partial charge in [0.1, 0.15) is 0 Å². The van der Waals surface area contributed by atoms with Crippen LogP contribution in [0.25, 0.3) is 0 Å². The molecule has 2 rings (SSSR count). The van der Waals surface area contributed by atoms with E-state index in [1.807, 2.05) is 7.11 Å². The van der Waals surface area contributed by atoms with Crippen molar-refractivity contribution >= 4 is 0 Å². The number of nitrogens with zero attached hydrogens (tertiary/aromatic N) is 1. The topological polar surface area (TPSA) is 24.5 Å². The molecule has 1 unspecified atom stereocenters. The zero-order valence-corrected chi connectivity index (χ0v) is 12.6. The summed E-state index contributed by atoms with van der Waals surface area (Å²) in [6.45, 7) is 11.6. The minimum atomic E-state index is 0.0677. The molecule has 106 valence electrons. The predicted octanol–water partition coefficient (Wildman–Crippen LogP) is 2.27. The number of hydrogen-bond acceptors (Lipinski definition) is 3. The van der Waals surface area contributed by atoms with E-state index in [4.69, 9.17) is 4.74 Å². The number of piperidine rings is 1. The van der Waals surface area contributed by atoms with Crippen LogP contribution in [0.3, 0.4) is 0 Å². The van der Waals surface area contributed by atoms with Gasteiger partial charge in [0.2, 0.25) is 0 Å². The molecule has 0 spiro atoms. The molecule has 18 heavy (non-hydrogen) atoms. The lowest BCUT2D eigenvalue weighted by molar-refractivity contribution is -0.0573. The number of rotatable bonds is 6. The van der Waals surface area contributed by atoms with E-state index >= 15 is 0 Å². The lowest BCUT2D eigenvalue weighted by Gasteiger charge is -2.42. The van der Waals surface area contributed by atoms with Crippen LogP contribution in [0, 0.1) is 5.41 Å². The average molecular weight is 254 g/mol. The summed E-state index contributed by atoms with van der Waals surface area (Å²) >= 11 is 0. The molecule has 1 saturated carbocycles. The van der Waals surface area contributed by atoms with Crippen molar-refractivity contribution in [3.63, 3.8) is 0 Å². The fraction of sp³-hybridized carbons (Fsp3) is 1.00. The first-order valence-corrected chi connectivity index (χ1v) is 7.43. The monoisotopic (exact) mass is 254 g/mol. The third kappa shape index (κ3) is 4.22. The van der Waals surface area contributed by atoms with Crippen molar-refractivity contribution < 1.29 is 4.74 Å². The molecule has 1 aliphatic heterocycles. The van der Waals surface area contributed by atoms with Gasteiger partial charge in [-0.15, -0.1) is 0 Å². The highest BCUT2D eigenvalue weighted by Gasteiger charge is 2.33. The number of ether oxygens (including phenoxy) is 1. The van der Waals surface area contributed by atoms with Gasteiger partial charge in [0.25, 0.3) is 0 Å². The predicted molar refractivity (Wildman–Crippen MR) is 75.9 cm³/mol. The Morgan fingerprint density at radius 2 is 2.11 bits per heavy atom. The molecule has 0 aromatic heterocycles. The highest BCUT2D eigenvalue weighted by Crippen LogP contribution is 2.27. The Balaban J connectivity index is 1.79. The van der Waals surface area contributed by atoms with Crippen LogP contribution in [-0.2, 0) is 4.74 Å². The van der Waals surface area contributed by atoms with Gasteiger partial charge >= 0.3 is 0 Å². The van der Waals surface area contributed by atoms with E-state index in [2.05, 4.69) is 31.0 Å². The summed E-state index contributed by atoms with van der Waals surface area (Å²) in [7, 11) is 1.85. The quantitative estimate of drug-likeness (QED) is 0.787. The van der Waals surface area contributed by atoms with E-state index in [0.29, 0.717) is 5.41 Å². The van der Waals surface area contributed by atoms with E-state index < -0.39 is 0 Å². The Kier molecular flexibility index (Phi) is 4.35. The summed E-state index contributed by atoms with van der Waals surface area (Å²) in [5.41, 5.74) is 0.423. The zero-order valence-electron chi connectivity index (χ0n) is 12.6. The molecule has 3 heteroatoms. The van der Waals surface area contributed by atoms with Crippen LogP contribution in [0.4, 0.5) is 0 Å². The first-order valence-electron chi connectivity index (χ1n) is 7.43. The van der Waals surface area contributed by atoms with Crippen molar-refractivity contribution in [1.82, 2.24) is 10.2 Å². The van der Waals surface area contributed by atoms with Gasteiger partial charge in [0.15, 0.2) is 0 Å². The molecular formula is C15H30N2O. The highest BCUT2D eigenvalue weighted by molar-refractivity contribution is 4.89. The molecule has 2 fully saturated rings. The van der Waals surface area contributed by atoms with Crippen molar-refractivity contribution in [2.75, 3.05) is 33.3 Å². The van der Waals surface area contributed by atoms with Crippen LogP contribution in [-0.4, -0.2) is 49.8 Å². The van der Waals surface area contributed by atoms with Gasteiger partial charge in [-0.3, -0.25) is 4.90 Å². The molecule has 1 atom stereocenters. The molecular weight excluding hydrogens is 224 g/mol. The Morgan fingerprint density at radius 3 is 2.72 bits per heavy atom. The van der Waals surface area contributed by atoms with Gasteiger partial charge < -0.3 is 10.1 Å². The fourth-order valence-electron chi connectivity index (χ4n) is 2.98. The van der Waals surface area contributed by atoms with Crippen LogP contribution < -0.4 is 5.32 Å². The third-order valence-electron chi connectivity index (χ3n) is 4.33. The van der Waals surface area contributed by atoms with Crippen LogP contribution >= 0.6 is 0 Å². The Labute approximate surface area is 112 Å². The minimum Gasteiger partial charge on any atom is -0.377 e. The molecule has 1 heterocycles. The van der Waals surface area contributed by atoms with Gasteiger partial charge in [-0.1, -0.05) is 13.8 Å². The SMILES string of the molecule is COC1(C)CCCN(CC(C)(C)CNC2CC2)C1. The molecule has 1 aliphatic carbocycles. The molecule has 0 amide bonds. The molecule has 3 nitrogen and oxygen atoms in total. The maximum atomic E-state index is 5.67. The molecule has 2 aliphatic rings. The molecule has 0 bridgehead atoms. The van der Waals surface area contributed by atoms with Gasteiger partial charge in [-0.25, -0.2) is 0 Å². The summed E-state index contributed by atoms with van der Waals surface area (Å²) in [4.78, 5) is 2.58. The first-order chi connectivity index (χ1) is 8.42. The van der Waals surface area contributed by atoms with Crippen LogP contribution in [0.2, 0.25) is 0 Å². The summed E-state index contributed by atoms with van der Waals surface area (Å²) in [6, 6.07) is 0.815. The molecule has 0 aromatic carbocycles. The lowest BCUT2D eigenvalue weighted by atomic mass is 9.89. The first kappa shape index (κ1) is 14.3. The highest BCUT2D eigenvalue weighted by atomic mass is 16.5. The number of likely N-dealkylation sites (tertiary alicyclic amines) is 1. The van der Waals surface area contributed by atoms with Gasteiger partial charge in [-0.2, -0.15) is 0 Å². The number of methoxy groups -OCH3 is 1. The number of hydrogen-bond donors (Lipinski definition) is 1. The standard InChI is InChI=1S/C15H30N2O/c1-14(2,10-16-13-6-7-13)11-17-9-5-8-15(3,12-17)18-4/h13,16H,5-12H2,1-4H3. The molecule has 0 radical (unpaired) electrons. The van der Waals surface area contributed by atoms with E-state index in [1.54, 1.807) is 0 Å². The second-order valence-electron chi connectivity index (χ2n) is 7.29. The summed E-state index contributed by atoms with van der Waals surface area (Å²) in [5, 5.41) is 3.66. The van der Waals surface area contributed by atoms with E-state index in [9.17, 15) is 0 Å². The van der Waals surface area contributed by atoms with Gasteiger partial charge in [-0.05, 0) is 44.6 Å². The Morgan fingerprint density at radius 1 is 1.39 bits per heavy atom. The van der Waals surface area contributed by atoms with Gasteiger partial charge in [0, 0.05) is 32.8 Å². The average Bonchev–Trinajstić information content (AvgIpc) is 3.10. The molecule has 1 saturated heterocycles. The van der Waals surface area contributed by atoms with Crippen LogP contribution in [0.5, 0.6) is 0 Å². The number of nitrogens with one attached hydrogen (secondary N) is 1. The van der Waals surface area contributed by atoms with Crippen LogP contribution in [0.1, 0.15) is 46.5 Å². The third-order valence-corrected chi connectivity index (χ3v) is 4.33. The van der Waals surface area contributed by atoms with E-state index in [0.717, 1.165) is 19.1 Å². The summed E-state index contributed by atoms with van der Waals surface area (Å²) < 4.78 is 5.67. The molecule has 0 aromatic rings. The van der Waals surface area contributed by atoms with E-state index in [1.165, 1.54) is 38.8 Å². The Bertz CT molecular complexity index is 276. The molecule has 1 N–H and O–H groups in total. The summed E-state index contributed by atoms with van der Waals surface area (Å²) in [5.74, 6) is 0. The second-order valence-corrected chi connectivity index (χ2v) is 7.29. The zero-order chi connectivity index (χ0) is 13.2. The fourth-order valence-corrected chi connectivity index (χ4v) is 2.98. The maximum absolute atomic E-state index is 5.67. The van der Waals surface area contributed by atoms with Gasteiger partial charge in [0.05, 0.1) is 5.60 Å². The van der Waals surface area contributed by atoms with Crippen LogP contribution in [0.15, 0.2) is 0 Å². The minimum absolute atomic E-state index is 0.0677. The normalized spacial score (nSPS) is 30.7. The largest absolute Gasteiger partial charge is 0.377 e. The van der Waals surface area contributed by atoms with E-state index in [-0.39, 0.29) is 5.60 Å². The second kappa shape index (κ2) is 5.48. The Hall–Kier alpha value is -0.120. The van der Waals surface area contributed by atoms with Crippen molar-refractivity contribution in [3.8, 4) is 0 Å². The lowest BCUT2D eigenvalue weighted by Crippen LogP contribution is -2.51. The smallest absolute Gasteiger partial charge is 0.0777 e. The summed E-state index contributed by atoms with van der Waals surface area (Å²) in [6.07, 6.45) is 5.21.